The Bertz CT molecular complexity index is 423. The van der Waals surface area contributed by atoms with Crippen molar-refractivity contribution < 1.29 is 23.0 Å². The second kappa shape index (κ2) is 8.81. The second-order valence-corrected chi connectivity index (χ2v) is 4.65. The van der Waals surface area contributed by atoms with E-state index < -0.39 is 29.8 Å². The van der Waals surface area contributed by atoms with E-state index in [1.165, 1.54) is 20.3 Å². The van der Waals surface area contributed by atoms with Crippen LogP contribution >= 0.6 is 0 Å². The van der Waals surface area contributed by atoms with E-state index in [1.807, 2.05) is 0 Å². The van der Waals surface area contributed by atoms with Crippen molar-refractivity contribution in [1.29, 1.82) is 0 Å². The molecule has 1 aromatic heterocycles. The van der Waals surface area contributed by atoms with Crippen LogP contribution in [0.5, 0.6) is 5.88 Å². The molecular formula is C14H23F3N2O2. The van der Waals surface area contributed by atoms with Gasteiger partial charge in [-0.15, -0.1) is 0 Å². The van der Waals surface area contributed by atoms with Crippen LogP contribution in [0.4, 0.5) is 13.2 Å². The summed E-state index contributed by atoms with van der Waals surface area (Å²) >= 11 is 0. The average molecular weight is 308 g/mol. The monoisotopic (exact) mass is 308 g/mol. The standard InChI is InChI=1S/C11H15F3N2O2.C3H8/c1-4-9(6(2)17)18-10-8(11(12,13)14)5-15-7(3)16-10;1-3-2/h5-6,9,17H,4H2,1-3H3;3H2,1-2H3. The van der Waals surface area contributed by atoms with Crippen molar-refractivity contribution >= 4 is 0 Å². The number of aromatic nitrogens is 2. The zero-order valence-electron chi connectivity index (χ0n) is 13.0. The minimum Gasteiger partial charge on any atom is -0.471 e. The highest BCUT2D eigenvalue weighted by Gasteiger charge is 2.36. The van der Waals surface area contributed by atoms with Crippen molar-refractivity contribution in [2.75, 3.05) is 0 Å². The Kier molecular flexibility index (Phi) is 8.24. The van der Waals surface area contributed by atoms with Crippen LogP contribution in [0.3, 0.4) is 0 Å². The summed E-state index contributed by atoms with van der Waals surface area (Å²) in [5.74, 6) is -0.360. The molecule has 2 atom stereocenters. The Morgan fingerprint density at radius 2 is 1.81 bits per heavy atom. The van der Waals surface area contributed by atoms with Gasteiger partial charge in [0.15, 0.2) is 0 Å². The summed E-state index contributed by atoms with van der Waals surface area (Å²) in [7, 11) is 0. The topological polar surface area (TPSA) is 55.2 Å². The number of aliphatic hydroxyl groups is 1. The van der Waals surface area contributed by atoms with Gasteiger partial charge in [0, 0.05) is 6.20 Å². The molecule has 0 saturated carbocycles. The molecule has 0 saturated heterocycles. The lowest BCUT2D eigenvalue weighted by Gasteiger charge is -2.21. The minimum absolute atomic E-state index is 0.179. The zero-order chi connectivity index (χ0) is 16.6. The van der Waals surface area contributed by atoms with Gasteiger partial charge in [0.2, 0.25) is 5.88 Å². The van der Waals surface area contributed by atoms with E-state index >= 15 is 0 Å². The number of hydrogen-bond acceptors (Lipinski definition) is 4. The van der Waals surface area contributed by atoms with E-state index in [-0.39, 0.29) is 5.82 Å². The molecule has 0 aromatic carbocycles. The molecule has 0 aliphatic heterocycles. The molecule has 0 radical (unpaired) electrons. The number of nitrogens with zero attached hydrogens (tertiary/aromatic N) is 2. The average Bonchev–Trinajstić information content (AvgIpc) is 2.35. The van der Waals surface area contributed by atoms with Crippen LogP contribution in [0.2, 0.25) is 0 Å². The Morgan fingerprint density at radius 3 is 2.19 bits per heavy atom. The van der Waals surface area contributed by atoms with Crippen molar-refractivity contribution in [2.45, 2.75) is 65.8 Å². The molecule has 1 aromatic rings. The molecule has 0 aliphatic rings. The lowest BCUT2D eigenvalue weighted by atomic mass is 10.2. The van der Waals surface area contributed by atoms with Crippen LogP contribution in [-0.4, -0.2) is 27.3 Å². The maximum Gasteiger partial charge on any atom is 0.423 e. The van der Waals surface area contributed by atoms with E-state index in [2.05, 4.69) is 23.8 Å². The number of aryl methyl sites for hydroxylation is 1. The highest BCUT2D eigenvalue weighted by molar-refractivity contribution is 5.27. The van der Waals surface area contributed by atoms with E-state index in [4.69, 9.17) is 4.74 Å². The van der Waals surface area contributed by atoms with Gasteiger partial charge < -0.3 is 9.84 Å². The van der Waals surface area contributed by atoms with Gasteiger partial charge >= 0.3 is 6.18 Å². The summed E-state index contributed by atoms with van der Waals surface area (Å²) in [5.41, 5.74) is -1.03. The number of hydrogen-bond donors (Lipinski definition) is 1. The van der Waals surface area contributed by atoms with Gasteiger partial charge in [-0.3, -0.25) is 0 Å². The van der Waals surface area contributed by atoms with Crippen molar-refractivity contribution in [3.05, 3.63) is 17.6 Å². The van der Waals surface area contributed by atoms with E-state index in [1.54, 1.807) is 6.92 Å². The number of halogens is 3. The molecule has 2 unspecified atom stereocenters. The first-order chi connectivity index (χ1) is 9.67. The molecule has 0 fully saturated rings. The highest BCUT2D eigenvalue weighted by Crippen LogP contribution is 2.35. The van der Waals surface area contributed by atoms with Crippen molar-refractivity contribution in [2.24, 2.45) is 0 Å². The fourth-order valence-electron chi connectivity index (χ4n) is 1.40. The van der Waals surface area contributed by atoms with Gasteiger partial charge in [-0.2, -0.15) is 18.2 Å². The van der Waals surface area contributed by atoms with Gasteiger partial charge in [0.05, 0.1) is 6.10 Å². The summed E-state index contributed by atoms with van der Waals surface area (Å²) < 4.78 is 43.3. The van der Waals surface area contributed by atoms with Gasteiger partial charge in [-0.25, -0.2) is 4.98 Å². The van der Waals surface area contributed by atoms with Gasteiger partial charge in [0.25, 0.3) is 0 Å². The van der Waals surface area contributed by atoms with E-state index in [0.29, 0.717) is 12.6 Å². The molecular weight excluding hydrogens is 285 g/mol. The maximum atomic E-state index is 12.7. The Balaban J connectivity index is 0.00000122. The first kappa shape index (κ1) is 19.6. The van der Waals surface area contributed by atoms with Gasteiger partial charge in [0.1, 0.15) is 17.5 Å². The van der Waals surface area contributed by atoms with Crippen LogP contribution in [0, 0.1) is 6.92 Å². The third-order valence-electron chi connectivity index (χ3n) is 2.38. The first-order valence-electron chi connectivity index (χ1n) is 6.92. The lowest BCUT2D eigenvalue weighted by Crippen LogP contribution is -2.30. The largest absolute Gasteiger partial charge is 0.471 e. The summed E-state index contributed by atoms with van der Waals surface area (Å²) in [6.45, 7) is 8.88. The quantitative estimate of drug-likeness (QED) is 0.920. The zero-order valence-corrected chi connectivity index (χ0v) is 13.0. The Labute approximate surface area is 123 Å². The molecule has 1 heterocycles. The fraction of sp³-hybridized carbons (Fsp3) is 0.714. The van der Waals surface area contributed by atoms with Crippen LogP contribution < -0.4 is 4.74 Å². The minimum atomic E-state index is -4.58. The second-order valence-electron chi connectivity index (χ2n) is 4.65. The summed E-state index contributed by atoms with van der Waals surface area (Å²) in [5, 5.41) is 9.39. The predicted molar refractivity (Wildman–Crippen MR) is 74.1 cm³/mol. The molecule has 7 heteroatoms. The molecule has 0 aliphatic carbocycles. The third-order valence-corrected chi connectivity index (χ3v) is 2.38. The lowest BCUT2D eigenvalue weighted by molar-refractivity contribution is -0.140. The fourth-order valence-corrected chi connectivity index (χ4v) is 1.40. The van der Waals surface area contributed by atoms with Crippen LogP contribution in [-0.2, 0) is 6.18 Å². The summed E-state index contributed by atoms with van der Waals surface area (Å²) in [4.78, 5) is 7.16. The number of aliphatic hydroxyl groups excluding tert-OH is 1. The SMILES string of the molecule is CCC.CCC(Oc1nc(C)ncc1C(F)(F)F)C(C)O. The van der Waals surface area contributed by atoms with Crippen LogP contribution in [0.15, 0.2) is 6.20 Å². The molecule has 1 rings (SSSR count). The van der Waals surface area contributed by atoms with Gasteiger partial charge in [-0.1, -0.05) is 27.2 Å². The Morgan fingerprint density at radius 1 is 1.29 bits per heavy atom. The van der Waals surface area contributed by atoms with Crippen LogP contribution in [0.25, 0.3) is 0 Å². The first-order valence-corrected chi connectivity index (χ1v) is 6.92. The number of rotatable bonds is 4. The number of ether oxygens (including phenoxy) is 1. The van der Waals surface area contributed by atoms with Crippen molar-refractivity contribution in [3.8, 4) is 5.88 Å². The summed E-state index contributed by atoms with van der Waals surface area (Å²) in [6.07, 6.45) is -3.89. The maximum absolute atomic E-state index is 12.7. The van der Waals surface area contributed by atoms with E-state index in [9.17, 15) is 18.3 Å². The number of alkyl halides is 3. The Hall–Kier alpha value is -1.37. The van der Waals surface area contributed by atoms with Gasteiger partial charge in [-0.05, 0) is 20.3 Å². The summed E-state index contributed by atoms with van der Waals surface area (Å²) in [6, 6.07) is 0. The molecule has 0 amide bonds. The molecule has 122 valence electrons. The smallest absolute Gasteiger partial charge is 0.423 e. The van der Waals surface area contributed by atoms with Crippen molar-refractivity contribution in [3.63, 3.8) is 0 Å². The highest BCUT2D eigenvalue weighted by atomic mass is 19.4. The molecule has 0 bridgehead atoms. The van der Waals surface area contributed by atoms with E-state index in [0.717, 1.165) is 0 Å². The van der Waals surface area contributed by atoms with Crippen LogP contribution in [0.1, 0.15) is 51.9 Å². The normalized spacial score (nSPS) is 14.0. The van der Waals surface area contributed by atoms with Crippen molar-refractivity contribution in [1.82, 2.24) is 9.97 Å². The third kappa shape index (κ3) is 6.75. The molecule has 21 heavy (non-hydrogen) atoms. The molecule has 1 N–H and O–H groups in total. The molecule has 4 nitrogen and oxygen atoms in total. The molecule has 0 spiro atoms. The predicted octanol–water partition coefficient (Wildman–Crippen LogP) is 3.76.